The molecule has 0 aliphatic carbocycles. The molecule has 3 nitrogen and oxygen atoms in total. The van der Waals surface area contributed by atoms with E-state index in [1.165, 1.54) is 22.5 Å². The molecule has 2 rings (SSSR count). The van der Waals surface area contributed by atoms with Gasteiger partial charge in [-0.2, -0.15) is 0 Å². The molecule has 0 saturated heterocycles. The molecule has 5 heteroatoms. The van der Waals surface area contributed by atoms with Crippen molar-refractivity contribution < 1.29 is 4.74 Å². The molecule has 1 heterocycles. The Bertz CT molecular complexity index is 501. The molecule has 2 aromatic rings. The van der Waals surface area contributed by atoms with Crippen LogP contribution in [-0.4, -0.2) is 12.1 Å². The standard InChI is InChI=1S/C13H15ClN2OS/c1-17-9-11-4-2-3-10(5-11)6-15-8-13-16-7-12(14)18-13/h2-5,7,15H,6,8-9H2,1H3. The van der Waals surface area contributed by atoms with Crippen molar-refractivity contribution in [3.05, 3.63) is 50.9 Å². The third-order valence-corrected chi connectivity index (χ3v) is 3.55. The number of ether oxygens (including phenoxy) is 1. The summed E-state index contributed by atoms with van der Waals surface area (Å²) in [7, 11) is 1.71. The minimum absolute atomic E-state index is 0.649. The normalized spacial score (nSPS) is 10.8. The molecule has 1 N–H and O–H groups in total. The Morgan fingerprint density at radius 1 is 1.33 bits per heavy atom. The van der Waals surface area contributed by atoms with Gasteiger partial charge in [0.05, 0.1) is 12.8 Å². The van der Waals surface area contributed by atoms with Crippen molar-refractivity contribution in [1.29, 1.82) is 0 Å². The van der Waals surface area contributed by atoms with E-state index in [-0.39, 0.29) is 0 Å². The van der Waals surface area contributed by atoms with Gasteiger partial charge in [0.1, 0.15) is 9.34 Å². The highest BCUT2D eigenvalue weighted by Crippen LogP contribution is 2.17. The Balaban J connectivity index is 1.84. The molecule has 0 radical (unpaired) electrons. The zero-order valence-electron chi connectivity index (χ0n) is 10.1. The van der Waals surface area contributed by atoms with Crippen LogP contribution in [0.4, 0.5) is 0 Å². The maximum absolute atomic E-state index is 5.83. The molecule has 18 heavy (non-hydrogen) atoms. The molecule has 0 aliphatic heterocycles. The fourth-order valence-corrected chi connectivity index (χ4v) is 2.61. The summed E-state index contributed by atoms with van der Waals surface area (Å²) in [5.41, 5.74) is 2.43. The Morgan fingerprint density at radius 3 is 2.89 bits per heavy atom. The minimum atomic E-state index is 0.649. The second-order valence-corrected chi connectivity index (χ2v) is 5.66. The summed E-state index contributed by atoms with van der Waals surface area (Å²) in [6.07, 6.45) is 1.68. The number of hydrogen-bond acceptors (Lipinski definition) is 4. The van der Waals surface area contributed by atoms with Gasteiger partial charge in [-0.1, -0.05) is 35.9 Å². The fourth-order valence-electron chi connectivity index (χ4n) is 1.68. The van der Waals surface area contributed by atoms with Gasteiger partial charge in [0.25, 0.3) is 0 Å². The van der Waals surface area contributed by atoms with Gasteiger partial charge in [-0.25, -0.2) is 4.98 Å². The van der Waals surface area contributed by atoms with Crippen LogP contribution in [0.3, 0.4) is 0 Å². The van der Waals surface area contributed by atoms with E-state index in [9.17, 15) is 0 Å². The van der Waals surface area contributed by atoms with Crippen molar-refractivity contribution >= 4 is 22.9 Å². The molecule has 1 aromatic carbocycles. The van der Waals surface area contributed by atoms with Crippen molar-refractivity contribution in [2.75, 3.05) is 7.11 Å². The van der Waals surface area contributed by atoms with Crippen molar-refractivity contribution in [2.45, 2.75) is 19.7 Å². The van der Waals surface area contributed by atoms with E-state index in [4.69, 9.17) is 16.3 Å². The van der Waals surface area contributed by atoms with Crippen LogP contribution in [0.25, 0.3) is 0 Å². The zero-order chi connectivity index (χ0) is 12.8. The van der Waals surface area contributed by atoms with Crippen molar-refractivity contribution in [3.63, 3.8) is 0 Å². The van der Waals surface area contributed by atoms with Crippen LogP contribution >= 0.6 is 22.9 Å². The lowest BCUT2D eigenvalue weighted by atomic mass is 10.1. The van der Waals surface area contributed by atoms with E-state index >= 15 is 0 Å². The molecule has 0 bridgehead atoms. The van der Waals surface area contributed by atoms with Gasteiger partial charge in [0.15, 0.2) is 0 Å². The molecular weight excluding hydrogens is 268 g/mol. The summed E-state index contributed by atoms with van der Waals surface area (Å²) in [5.74, 6) is 0. The zero-order valence-corrected chi connectivity index (χ0v) is 11.7. The first-order chi connectivity index (χ1) is 8.78. The van der Waals surface area contributed by atoms with E-state index in [1.807, 2.05) is 6.07 Å². The van der Waals surface area contributed by atoms with Crippen LogP contribution in [0, 0.1) is 0 Å². The number of thiazole rings is 1. The average molecular weight is 283 g/mol. The summed E-state index contributed by atoms with van der Waals surface area (Å²) in [6.45, 7) is 2.20. The molecule has 1 aromatic heterocycles. The van der Waals surface area contributed by atoms with Gasteiger partial charge in [-0.15, -0.1) is 11.3 Å². The molecule has 0 saturated carbocycles. The fraction of sp³-hybridized carbons (Fsp3) is 0.308. The van der Waals surface area contributed by atoms with Crippen molar-refractivity contribution in [3.8, 4) is 0 Å². The number of rotatable bonds is 6. The molecule has 0 atom stereocenters. The third kappa shape index (κ3) is 4.07. The van der Waals surface area contributed by atoms with Crippen molar-refractivity contribution in [2.24, 2.45) is 0 Å². The average Bonchev–Trinajstić information content (AvgIpc) is 2.76. The van der Waals surface area contributed by atoms with Crippen LogP contribution in [-0.2, 0) is 24.4 Å². The van der Waals surface area contributed by atoms with Gasteiger partial charge in [0, 0.05) is 20.2 Å². The topological polar surface area (TPSA) is 34.1 Å². The van der Waals surface area contributed by atoms with E-state index in [1.54, 1.807) is 13.3 Å². The lowest BCUT2D eigenvalue weighted by Gasteiger charge is -2.05. The summed E-state index contributed by atoms with van der Waals surface area (Å²) < 4.78 is 5.85. The molecular formula is C13H15ClN2OS. The van der Waals surface area contributed by atoms with E-state index in [0.29, 0.717) is 6.61 Å². The van der Waals surface area contributed by atoms with E-state index < -0.39 is 0 Å². The van der Waals surface area contributed by atoms with E-state index in [0.717, 1.165) is 22.4 Å². The molecule has 0 amide bonds. The lowest BCUT2D eigenvalue weighted by Crippen LogP contribution is -2.12. The summed E-state index contributed by atoms with van der Waals surface area (Å²) in [4.78, 5) is 4.20. The molecule has 0 fully saturated rings. The van der Waals surface area contributed by atoms with Gasteiger partial charge in [-0.05, 0) is 11.1 Å². The molecule has 0 spiro atoms. The Labute approximate surface area is 116 Å². The first-order valence-corrected chi connectivity index (χ1v) is 6.85. The number of aromatic nitrogens is 1. The monoisotopic (exact) mass is 282 g/mol. The maximum atomic E-state index is 5.83. The van der Waals surface area contributed by atoms with Gasteiger partial charge < -0.3 is 10.1 Å². The van der Waals surface area contributed by atoms with Crippen molar-refractivity contribution in [1.82, 2.24) is 10.3 Å². The highest BCUT2D eigenvalue weighted by atomic mass is 35.5. The maximum Gasteiger partial charge on any atom is 0.113 e. The predicted molar refractivity (Wildman–Crippen MR) is 74.8 cm³/mol. The number of benzene rings is 1. The second kappa shape index (κ2) is 6.85. The largest absolute Gasteiger partial charge is 0.380 e. The summed E-state index contributed by atoms with van der Waals surface area (Å²) in [5, 5.41) is 4.36. The Morgan fingerprint density at radius 2 is 2.17 bits per heavy atom. The van der Waals surface area contributed by atoms with Gasteiger partial charge in [0.2, 0.25) is 0 Å². The number of halogens is 1. The Hall–Kier alpha value is -0.940. The number of hydrogen-bond donors (Lipinski definition) is 1. The van der Waals surface area contributed by atoms with Crippen LogP contribution in [0.1, 0.15) is 16.1 Å². The van der Waals surface area contributed by atoms with Crippen LogP contribution in [0.5, 0.6) is 0 Å². The van der Waals surface area contributed by atoms with Crippen LogP contribution < -0.4 is 5.32 Å². The molecule has 0 aliphatic rings. The smallest absolute Gasteiger partial charge is 0.113 e. The van der Waals surface area contributed by atoms with Crippen LogP contribution in [0.2, 0.25) is 4.34 Å². The molecule has 0 unspecified atom stereocenters. The Kier molecular flexibility index (Phi) is 5.13. The number of methoxy groups -OCH3 is 1. The summed E-state index contributed by atoms with van der Waals surface area (Å²) in [6, 6.07) is 8.35. The van der Waals surface area contributed by atoms with E-state index in [2.05, 4.69) is 28.5 Å². The lowest BCUT2D eigenvalue weighted by molar-refractivity contribution is 0.185. The number of nitrogens with zero attached hydrogens (tertiary/aromatic N) is 1. The predicted octanol–water partition coefficient (Wildman–Crippen LogP) is 3.23. The quantitative estimate of drug-likeness (QED) is 0.883. The van der Waals surface area contributed by atoms with Crippen LogP contribution in [0.15, 0.2) is 30.5 Å². The third-order valence-electron chi connectivity index (χ3n) is 2.43. The number of nitrogens with one attached hydrogen (secondary N) is 1. The van der Waals surface area contributed by atoms with Gasteiger partial charge >= 0.3 is 0 Å². The first kappa shape index (κ1) is 13.5. The second-order valence-electron chi connectivity index (χ2n) is 3.91. The van der Waals surface area contributed by atoms with Gasteiger partial charge in [-0.3, -0.25) is 0 Å². The minimum Gasteiger partial charge on any atom is -0.380 e. The highest BCUT2D eigenvalue weighted by Gasteiger charge is 2.00. The molecule has 96 valence electrons. The SMILES string of the molecule is COCc1cccc(CNCc2ncc(Cl)s2)c1. The highest BCUT2D eigenvalue weighted by molar-refractivity contribution is 7.15. The summed E-state index contributed by atoms with van der Waals surface area (Å²) >= 11 is 7.33. The first-order valence-electron chi connectivity index (χ1n) is 5.65.